The van der Waals surface area contributed by atoms with E-state index in [2.05, 4.69) is 39.2 Å². The van der Waals surface area contributed by atoms with Crippen LogP contribution in [0.2, 0.25) is 0 Å². The molecule has 0 bridgehead atoms. The van der Waals surface area contributed by atoms with Gasteiger partial charge in [0.1, 0.15) is 12.9 Å². The molecule has 0 aromatic carbocycles. The molecule has 156 valence electrons. The van der Waals surface area contributed by atoms with Crippen molar-refractivity contribution in [3.05, 3.63) is 12.2 Å². The Hall–Kier alpha value is -2.16. The number of aryl methyl sites for hydroxylation is 1. The van der Waals surface area contributed by atoms with E-state index in [0.29, 0.717) is 6.54 Å². The van der Waals surface area contributed by atoms with Gasteiger partial charge in [-0.2, -0.15) is 0 Å². The van der Waals surface area contributed by atoms with Crippen LogP contribution in [-0.4, -0.2) is 93.2 Å². The summed E-state index contributed by atoms with van der Waals surface area (Å²) < 4.78 is 2.01. The molecule has 0 aliphatic carbocycles. The highest BCUT2D eigenvalue weighted by Crippen LogP contribution is 2.14. The van der Waals surface area contributed by atoms with E-state index < -0.39 is 0 Å². The molecule has 28 heavy (non-hydrogen) atoms. The predicted octanol–water partition coefficient (Wildman–Crippen LogP) is 0.392. The van der Waals surface area contributed by atoms with Gasteiger partial charge in [-0.1, -0.05) is 0 Å². The zero-order valence-corrected chi connectivity index (χ0v) is 17.5. The van der Waals surface area contributed by atoms with Crippen LogP contribution >= 0.6 is 0 Å². The van der Waals surface area contributed by atoms with Gasteiger partial charge in [-0.25, -0.2) is 4.99 Å². The maximum Gasteiger partial charge on any atom is 0.239 e. The van der Waals surface area contributed by atoms with E-state index in [1.807, 2.05) is 16.4 Å². The second kappa shape index (κ2) is 9.86. The van der Waals surface area contributed by atoms with Crippen LogP contribution in [0.15, 0.2) is 11.3 Å². The molecule has 3 rings (SSSR count). The molecular weight excluding hydrogens is 356 g/mol. The number of rotatable bonds is 6. The second-order valence-corrected chi connectivity index (χ2v) is 7.43. The highest BCUT2D eigenvalue weighted by atomic mass is 16.2. The number of nitrogens with zero attached hydrogens (tertiary/aromatic N) is 7. The van der Waals surface area contributed by atoms with Crippen LogP contribution in [0.3, 0.4) is 0 Å². The predicted molar refractivity (Wildman–Crippen MR) is 109 cm³/mol. The zero-order chi connectivity index (χ0) is 19.9. The molecule has 9 heteroatoms. The number of carbonyl (C=O) groups excluding carboxylic acids is 1. The maximum atomic E-state index is 12.7. The summed E-state index contributed by atoms with van der Waals surface area (Å²) in [6.45, 7) is 13.7. The lowest BCUT2D eigenvalue weighted by Gasteiger charge is -2.39. The van der Waals surface area contributed by atoms with Crippen molar-refractivity contribution in [2.45, 2.75) is 52.7 Å². The van der Waals surface area contributed by atoms with Crippen LogP contribution in [-0.2, 0) is 17.9 Å². The summed E-state index contributed by atoms with van der Waals surface area (Å²) in [7, 11) is 0. The molecule has 1 aromatic heterocycles. The van der Waals surface area contributed by atoms with Crippen molar-refractivity contribution >= 4 is 11.9 Å². The van der Waals surface area contributed by atoms with Crippen LogP contribution in [0.25, 0.3) is 0 Å². The van der Waals surface area contributed by atoms with Gasteiger partial charge in [-0.05, 0) is 33.6 Å². The van der Waals surface area contributed by atoms with Gasteiger partial charge in [0, 0.05) is 52.4 Å². The first-order chi connectivity index (χ1) is 13.6. The third kappa shape index (κ3) is 4.81. The van der Waals surface area contributed by atoms with Crippen LogP contribution < -0.4 is 5.32 Å². The van der Waals surface area contributed by atoms with E-state index in [1.165, 1.54) is 0 Å². The molecule has 2 aliphatic rings. The molecule has 9 nitrogen and oxygen atoms in total. The molecule has 1 N–H and O–H groups in total. The van der Waals surface area contributed by atoms with Gasteiger partial charge in [-0.3, -0.25) is 9.69 Å². The highest BCUT2D eigenvalue weighted by molar-refractivity contribution is 5.82. The van der Waals surface area contributed by atoms with Gasteiger partial charge >= 0.3 is 0 Å². The molecule has 2 saturated heterocycles. The van der Waals surface area contributed by atoms with E-state index in [-0.39, 0.29) is 11.9 Å². The smallest absolute Gasteiger partial charge is 0.239 e. The van der Waals surface area contributed by atoms with Crippen molar-refractivity contribution in [3.8, 4) is 0 Å². The van der Waals surface area contributed by atoms with Gasteiger partial charge in [0.05, 0.1) is 6.04 Å². The van der Waals surface area contributed by atoms with E-state index in [1.54, 1.807) is 6.33 Å². The van der Waals surface area contributed by atoms with Gasteiger partial charge in [-0.15, -0.1) is 10.2 Å². The lowest BCUT2D eigenvalue weighted by Crippen LogP contribution is -2.57. The number of carbonyl (C=O) groups is 1. The molecule has 1 unspecified atom stereocenters. The minimum atomic E-state index is -0.0390. The van der Waals surface area contributed by atoms with Gasteiger partial charge in [0.15, 0.2) is 11.8 Å². The molecule has 3 heterocycles. The first-order valence-corrected chi connectivity index (χ1v) is 10.6. The first kappa shape index (κ1) is 20.6. The van der Waals surface area contributed by atoms with Gasteiger partial charge in [0.2, 0.25) is 5.91 Å². The number of hydrogen-bond donors (Lipinski definition) is 1. The Balaban J connectivity index is 1.56. The van der Waals surface area contributed by atoms with Crippen LogP contribution in [0.4, 0.5) is 0 Å². The summed E-state index contributed by atoms with van der Waals surface area (Å²) in [5.74, 6) is 2.07. The summed E-state index contributed by atoms with van der Waals surface area (Å²) >= 11 is 0. The van der Waals surface area contributed by atoms with Crippen molar-refractivity contribution in [3.63, 3.8) is 0 Å². The molecule has 1 aromatic rings. The van der Waals surface area contributed by atoms with E-state index in [0.717, 1.165) is 77.0 Å². The van der Waals surface area contributed by atoms with Crippen molar-refractivity contribution in [2.24, 2.45) is 4.99 Å². The van der Waals surface area contributed by atoms with Crippen molar-refractivity contribution in [1.82, 2.24) is 34.8 Å². The van der Waals surface area contributed by atoms with Crippen LogP contribution in [0.1, 0.15) is 39.4 Å². The van der Waals surface area contributed by atoms with Crippen LogP contribution in [0.5, 0.6) is 0 Å². The number of amides is 1. The Morgan fingerprint density at radius 2 is 1.86 bits per heavy atom. The number of aliphatic imine (C=N–C) groups is 1. The van der Waals surface area contributed by atoms with Crippen molar-refractivity contribution < 1.29 is 4.79 Å². The average Bonchev–Trinajstić information content (AvgIpc) is 3.42. The molecule has 0 spiro atoms. The lowest BCUT2D eigenvalue weighted by atomic mass is 10.2. The van der Waals surface area contributed by atoms with Crippen LogP contribution in [0, 0.1) is 0 Å². The lowest BCUT2D eigenvalue weighted by molar-refractivity contribution is -0.135. The Labute approximate surface area is 167 Å². The Kier molecular flexibility index (Phi) is 7.24. The topological polar surface area (TPSA) is 81.9 Å². The fourth-order valence-electron chi connectivity index (χ4n) is 3.92. The van der Waals surface area contributed by atoms with Crippen molar-refractivity contribution in [1.29, 1.82) is 0 Å². The molecule has 0 radical (unpaired) electrons. The molecule has 1 amide bonds. The Morgan fingerprint density at radius 3 is 2.50 bits per heavy atom. The van der Waals surface area contributed by atoms with E-state index >= 15 is 0 Å². The third-order valence-electron chi connectivity index (χ3n) is 5.68. The number of hydrogen-bond acceptors (Lipinski definition) is 5. The normalized spacial score (nSPS) is 19.9. The number of guanidine groups is 1. The van der Waals surface area contributed by atoms with E-state index in [9.17, 15) is 4.79 Å². The van der Waals surface area contributed by atoms with Crippen molar-refractivity contribution in [2.75, 3.05) is 45.8 Å². The SMILES string of the molecule is CCNC(=NCc1nncn1CC)N1CCN(C(C)C(=O)N2CCCC2)CC1. The molecule has 2 aliphatic heterocycles. The third-order valence-corrected chi connectivity index (χ3v) is 5.68. The minimum Gasteiger partial charge on any atom is -0.357 e. The molecule has 1 atom stereocenters. The maximum absolute atomic E-state index is 12.7. The first-order valence-electron chi connectivity index (χ1n) is 10.6. The number of likely N-dealkylation sites (tertiary alicyclic amines) is 1. The number of aromatic nitrogens is 3. The van der Waals surface area contributed by atoms with Gasteiger partial charge in [0.25, 0.3) is 0 Å². The molecule has 0 saturated carbocycles. The quantitative estimate of drug-likeness (QED) is 0.559. The van der Waals surface area contributed by atoms with Gasteiger partial charge < -0.3 is 19.7 Å². The molecule has 2 fully saturated rings. The number of nitrogens with one attached hydrogen (secondary N) is 1. The van der Waals surface area contributed by atoms with E-state index in [4.69, 9.17) is 4.99 Å². The second-order valence-electron chi connectivity index (χ2n) is 7.43. The summed E-state index contributed by atoms with van der Waals surface area (Å²) in [6, 6.07) is -0.0390. The average molecular weight is 391 g/mol. The standard InChI is InChI=1S/C19H34N8O/c1-4-20-19(21-14-17-23-22-15-24(17)5-2)27-12-10-25(11-13-27)16(3)18(28)26-8-6-7-9-26/h15-16H,4-14H2,1-3H3,(H,20,21). The zero-order valence-electron chi connectivity index (χ0n) is 17.5. The largest absolute Gasteiger partial charge is 0.357 e. The summed E-state index contributed by atoms with van der Waals surface area (Å²) in [5, 5.41) is 11.5. The summed E-state index contributed by atoms with van der Waals surface area (Å²) in [4.78, 5) is 24.0. The Morgan fingerprint density at radius 1 is 1.14 bits per heavy atom. The minimum absolute atomic E-state index is 0.0390. The molecular formula is C19H34N8O. The monoisotopic (exact) mass is 390 g/mol. The number of piperazine rings is 1. The fraction of sp³-hybridized carbons (Fsp3) is 0.789. The highest BCUT2D eigenvalue weighted by Gasteiger charge is 2.30. The fourth-order valence-corrected chi connectivity index (χ4v) is 3.92. The Bertz CT molecular complexity index is 659. The summed E-state index contributed by atoms with van der Waals surface area (Å²) in [6.07, 6.45) is 4.02. The summed E-state index contributed by atoms with van der Waals surface area (Å²) in [5.41, 5.74) is 0.